The van der Waals surface area contributed by atoms with Gasteiger partial charge in [-0.1, -0.05) is 5.16 Å². The molecule has 0 saturated heterocycles. The van der Waals surface area contributed by atoms with Crippen molar-refractivity contribution in [2.45, 2.75) is 11.4 Å². The van der Waals surface area contributed by atoms with Crippen molar-refractivity contribution < 1.29 is 12.9 Å². The lowest BCUT2D eigenvalue weighted by Gasteiger charge is -2.03. The van der Waals surface area contributed by atoms with Crippen LogP contribution in [0.15, 0.2) is 44.9 Å². The standard InChI is InChI=1S/C9H9N3O4S/c13-9-2-1-8(6-10-9)17(14,15)11-5-7-3-4-16-12-7/h1-4,6,11H,5H2,(H,10,13). The van der Waals surface area contributed by atoms with Gasteiger partial charge in [-0.25, -0.2) is 13.1 Å². The van der Waals surface area contributed by atoms with E-state index in [2.05, 4.69) is 19.4 Å². The van der Waals surface area contributed by atoms with Gasteiger partial charge in [-0.3, -0.25) is 4.79 Å². The fourth-order valence-electron chi connectivity index (χ4n) is 1.14. The largest absolute Gasteiger partial charge is 0.364 e. The first-order valence-electron chi connectivity index (χ1n) is 4.65. The Bertz CT molecular complexity index is 625. The number of hydrogen-bond donors (Lipinski definition) is 2. The summed E-state index contributed by atoms with van der Waals surface area (Å²) in [5.41, 5.74) is 0.110. The van der Waals surface area contributed by atoms with Crippen LogP contribution in [-0.2, 0) is 16.6 Å². The summed E-state index contributed by atoms with van der Waals surface area (Å²) in [4.78, 5) is 13.1. The van der Waals surface area contributed by atoms with Crippen molar-refractivity contribution >= 4 is 10.0 Å². The third-order valence-electron chi connectivity index (χ3n) is 2.00. The maximum absolute atomic E-state index is 11.7. The van der Waals surface area contributed by atoms with Gasteiger partial charge in [0.1, 0.15) is 6.26 Å². The summed E-state index contributed by atoms with van der Waals surface area (Å²) in [5, 5.41) is 3.57. The summed E-state index contributed by atoms with van der Waals surface area (Å²) < 4.78 is 30.4. The van der Waals surface area contributed by atoms with Gasteiger partial charge in [0.25, 0.3) is 0 Å². The Morgan fingerprint density at radius 1 is 1.35 bits per heavy atom. The Hall–Kier alpha value is -1.93. The monoisotopic (exact) mass is 255 g/mol. The van der Waals surface area contributed by atoms with E-state index in [1.165, 1.54) is 12.3 Å². The molecule has 8 heteroatoms. The van der Waals surface area contributed by atoms with Gasteiger partial charge >= 0.3 is 0 Å². The Labute approximate surface area is 96.5 Å². The first-order chi connectivity index (χ1) is 8.08. The minimum Gasteiger partial charge on any atom is -0.364 e. The molecule has 2 aromatic heterocycles. The molecule has 0 radical (unpaired) electrons. The van der Waals surface area contributed by atoms with Gasteiger partial charge in [0, 0.05) is 18.3 Å². The summed E-state index contributed by atoms with van der Waals surface area (Å²) in [7, 11) is -3.65. The first kappa shape index (κ1) is 11.6. The van der Waals surface area contributed by atoms with Crippen molar-refractivity contribution in [1.29, 1.82) is 0 Å². The molecule has 2 rings (SSSR count). The number of sulfonamides is 1. The van der Waals surface area contributed by atoms with E-state index in [9.17, 15) is 13.2 Å². The van der Waals surface area contributed by atoms with Gasteiger partial charge in [-0.15, -0.1) is 0 Å². The number of H-pyrrole nitrogens is 1. The van der Waals surface area contributed by atoms with E-state index in [1.807, 2.05) is 0 Å². The van der Waals surface area contributed by atoms with Crippen LogP contribution in [0.3, 0.4) is 0 Å². The van der Waals surface area contributed by atoms with Crippen LogP contribution in [0.5, 0.6) is 0 Å². The predicted molar refractivity (Wildman–Crippen MR) is 57.6 cm³/mol. The Balaban J connectivity index is 2.14. The van der Waals surface area contributed by atoms with Crippen LogP contribution in [0.1, 0.15) is 5.69 Å². The van der Waals surface area contributed by atoms with Gasteiger partial charge in [0.05, 0.1) is 17.1 Å². The summed E-state index contributed by atoms with van der Waals surface area (Å²) in [6.45, 7) is 0.0258. The van der Waals surface area contributed by atoms with Crippen LogP contribution < -0.4 is 10.3 Å². The maximum atomic E-state index is 11.7. The number of aromatic nitrogens is 2. The zero-order valence-electron chi connectivity index (χ0n) is 8.58. The average molecular weight is 255 g/mol. The third-order valence-corrected chi connectivity index (χ3v) is 3.40. The van der Waals surface area contributed by atoms with Gasteiger partial charge in [-0.05, 0) is 6.07 Å². The molecule has 2 aromatic rings. The van der Waals surface area contributed by atoms with Crippen molar-refractivity contribution in [1.82, 2.24) is 14.9 Å². The summed E-state index contributed by atoms with van der Waals surface area (Å²) in [5.74, 6) is 0. The van der Waals surface area contributed by atoms with Crippen molar-refractivity contribution in [2.75, 3.05) is 0 Å². The normalized spacial score (nSPS) is 11.5. The molecule has 0 aliphatic heterocycles. The molecule has 0 aromatic carbocycles. The average Bonchev–Trinajstić information content (AvgIpc) is 2.80. The Morgan fingerprint density at radius 2 is 2.18 bits per heavy atom. The minimum absolute atomic E-state index is 0.0133. The van der Waals surface area contributed by atoms with Gasteiger partial charge in [0.15, 0.2) is 0 Å². The quantitative estimate of drug-likeness (QED) is 0.789. The van der Waals surface area contributed by atoms with E-state index in [1.54, 1.807) is 6.07 Å². The topological polar surface area (TPSA) is 105 Å². The van der Waals surface area contributed by atoms with Crippen molar-refractivity contribution in [3.05, 3.63) is 46.7 Å². The van der Waals surface area contributed by atoms with E-state index < -0.39 is 10.0 Å². The van der Waals surface area contributed by atoms with Crippen molar-refractivity contribution in [2.24, 2.45) is 0 Å². The molecule has 0 amide bonds. The minimum atomic E-state index is -3.65. The smallest absolute Gasteiger partial charge is 0.247 e. The third kappa shape index (κ3) is 2.80. The van der Waals surface area contributed by atoms with E-state index in [-0.39, 0.29) is 17.0 Å². The molecule has 2 heterocycles. The highest BCUT2D eigenvalue weighted by atomic mass is 32.2. The van der Waals surface area contributed by atoms with Gasteiger partial charge in [0.2, 0.25) is 15.6 Å². The molecule has 0 atom stereocenters. The molecular formula is C9H9N3O4S. The van der Waals surface area contributed by atoms with Crippen molar-refractivity contribution in [3.63, 3.8) is 0 Å². The molecule has 7 nitrogen and oxygen atoms in total. The number of nitrogens with one attached hydrogen (secondary N) is 2. The lowest BCUT2D eigenvalue weighted by Crippen LogP contribution is -2.24. The highest BCUT2D eigenvalue weighted by molar-refractivity contribution is 7.89. The molecule has 0 fully saturated rings. The summed E-state index contributed by atoms with van der Waals surface area (Å²) in [6, 6.07) is 3.92. The Kier molecular flexibility index (Phi) is 3.07. The predicted octanol–water partition coefficient (Wildman–Crippen LogP) is -0.159. The highest BCUT2D eigenvalue weighted by Crippen LogP contribution is 2.05. The van der Waals surface area contributed by atoms with Crippen LogP contribution >= 0.6 is 0 Å². The van der Waals surface area contributed by atoms with Crippen LogP contribution in [0.25, 0.3) is 0 Å². The molecule has 90 valence electrons. The maximum Gasteiger partial charge on any atom is 0.247 e. The van der Waals surface area contributed by atoms with E-state index in [4.69, 9.17) is 0 Å². The molecule has 0 aliphatic carbocycles. The molecule has 0 saturated carbocycles. The van der Waals surface area contributed by atoms with Crippen LogP contribution in [-0.4, -0.2) is 18.6 Å². The van der Waals surface area contributed by atoms with E-state index in [0.717, 1.165) is 12.3 Å². The van der Waals surface area contributed by atoms with Crippen LogP contribution in [0.4, 0.5) is 0 Å². The summed E-state index contributed by atoms with van der Waals surface area (Å²) in [6.07, 6.45) is 2.48. The van der Waals surface area contributed by atoms with Crippen LogP contribution in [0, 0.1) is 0 Å². The molecule has 0 spiro atoms. The Morgan fingerprint density at radius 3 is 2.76 bits per heavy atom. The molecule has 0 unspecified atom stereocenters. The first-order valence-corrected chi connectivity index (χ1v) is 6.14. The molecular weight excluding hydrogens is 246 g/mol. The number of rotatable bonds is 4. The second kappa shape index (κ2) is 4.52. The molecule has 0 aliphatic rings. The number of pyridine rings is 1. The lowest BCUT2D eigenvalue weighted by molar-refractivity contribution is 0.411. The molecule has 0 bridgehead atoms. The van der Waals surface area contributed by atoms with E-state index in [0.29, 0.717) is 5.69 Å². The zero-order valence-corrected chi connectivity index (χ0v) is 9.40. The van der Waals surface area contributed by atoms with E-state index >= 15 is 0 Å². The second-order valence-corrected chi connectivity index (χ2v) is 4.97. The molecule has 17 heavy (non-hydrogen) atoms. The van der Waals surface area contributed by atoms with Crippen molar-refractivity contribution in [3.8, 4) is 0 Å². The second-order valence-electron chi connectivity index (χ2n) is 3.20. The number of aromatic amines is 1. The van der Waals surface area contributed by atoms with Gasteiger partial charge in [-0.2, -0.15) is 0 Å². The lowest BCUT2D eigenvalue weighted by atomic mass is 10.5. The number of nitrogens with zero attached hydrogens (tertiary/aromatic N) is 1. The molecule has 2 N–H and O–H groups in total. The SMILES string of the molecule is O=c1ccc(S(=O)(=O)NCc2ccon2)c[nH]1. The summed E-state index contributed by atoms with van der Waals surface area (Å²) >= 11 is 0. The fraction of sp³-hybridized carbons (Fsp3) is 0.111. The fourth-order valence-corrected chi connectivity index (χ4v) is 2.11. The van der Waals surface area contributed by atoms with Crippen LogP contribution in [0.2, 0.25) is 0 Å². The zero-order chi connectivity index (χ0) is 12.3. The van der Waals surface area contributed by atoms with Gasteiger partial charge < -0.3 is 9.51 Å². The number of hydrogen-bond acceptors (Lipinski definition) is 5. The highest BCUT2D eigenvalue weighted by Gasteiger charge is 2.14.